The van der Waals surface area contributed by atoms with E-state index in [1.807, 2.05) is 11.0 Å². The van der Waals surface area contributed by atoms with Gasteiger partial charge in [-0.05, 0) is 67.9 Å². The maximum absolute atomic E-state index is 14.2. The number of nitrogens with zero attached hydrogens (tertiary/aromatic N) is 6. The standard InChI is InChI=1S/C33H31ClF3N7O3S2/c34-23-13-20(35)6-7-22(23)28-27(24-8-11-44(41-24)32(36)37)25-14-21(17-43(25)30(40-28)31-39-10-12-48-31)42-49(46,47)29-18-4-5-19(29)16-33(45,15-18)26-3-1-2-9-38-26/h1-3,6-13,18-19,21,28-29,32,42,45H,4-5,14-17H2/t18?,19?,21-,28-,29-,33+/m0/s1. The summed E-state index contributed by atoms with van der Waals surface area (Å²) >= 11 is 7.91. The number of nitrogens with one attached hydrogen (secondary N) is 1. The Balaban J connectivity index is 1.16. The molecule has 4 atom stereocenters. The zero-order chi connectivity index (χ0) is 34.1. The van der Waals surface area contributed by atoms with E-state index in [9.17, 15) is 26.7 Å². The van der Waals surface area contributed by atoms with Gasteiger partial charge in [0.25, 0.3) is 0 Å². The molecular formula is C33H31ClF3N7O3S2. The molecule has 2 aliphatic heterocycles. The predicted octanol–water partition coefficient (Wildman–Crippen LogP) is 5.91. The topological polar surface area (TPSA) is 126 Å². The summed E-state index contributed by atoms with van der Waals surface area (Å²) in [6.07, 6.45) is 6.60. The normalized spacial score (nSPS) is 28.3. The van der Waals surface area contributed by atoms with Crippen molar-refractivity contribution in [3.05, 3.63) is 105 Å². The van der Waals surface area contributed by atoms with Gasteiger partial charge >= 0.3 is 6.55 Å². The minimum absolute atomic E-state index is 0.0979. The van der Waals surface area contributed by atoms with E-state index in [0.717, 1.165) is 0 Å². The lowest BCUT2D eigenvalue weighted by molar-refractivity contribution is -0.0278. The number of hydrogen-bond acceptors (Lipinski definition) is 9. The second-order valence-corrected chi connectivity index (χ2v) is 16.2. The Labute approximate surface area is 289 Å². The molecule has 4 aliphatic rings. The van der Waals surface area contributed by atoms with Crippen LogP contribution in [0, 0.1) is 17.7 Å². The number of thiazole rings is 1. The number of aromatic nitrogens is 4. The number of aliphatic imine (C=N–C) groups is 1. The first-order chi connectivity index (χ1) is 23.5. The molecule has 2 aliphatic carbocycles. The Bertz CT molecular complexity index is 2050. The van der Waals surface area contributed by atoms with Crippen molar-refractivity contribution in [2.75, 3.05) is 6.54 Å². The van der Waals surface area contributed by atoms with E-state index >= 15 is 0 Å². The summed E-state index contributed by atoms with van der Waals surface area (Å²) in [6, 6.07) is 9.30. The van der Waals surface area contributed by atoms with Crippen molar-refractivity contribution in [1.29, 1.82) is 0 Å². The SMILES string of the molecule is O=S(=O)(N[C@H]1CC2=C(c3ccn(C(F)F)n3)[C@H](c3ccc(F)cc3Cl)N=C(c3nccs3)N2C1)[C@H]1C2CCC1C[C@@](O)(c1ccccn1)C2. The van der Waals surface area contributed by atoms with Gasteiger partial charge in [-0.15, -0.1) is 11.3 Å². The van der Waals surface area contributed by atoms with Gasteiger partial charge in [0.05, 0.1) is 16.6 Å². The van der Waals surface area contributed by atoms with Gasteiger partial charge in [0.1, 0.15) is 17.5 Å². The highest BCUT2D eigenvalue weighted by Gasteiger charge is 2.55. The van der Waals surface area contributed by atoms with Crippen molar-refractivity contribution >= 4 is 44.4 Å². The average molecular weight is 730 g/mol. The minimum atomic E-state index is -3.88. The fourth-order valence-electron chi connectivity index (χ4n) is 8.23. The van der Waals surface area contributed by atoms with Crippen LogP contribution in [0.15, 0.2) is 77.1 Å². The number of sulfonamides is 1. The molecule has 1 aromatic carbocycles. The second-order valence-electron chi connectivity index (χ2n) is 13.1. The molecule has 16 heteroatoms. The van der Waals surface area contributed by atoms with Crippen LogP contribution >= 0.6 is 22.9 Å². The Morgan fingerprint density at radius 2 is 1.88 bits per heavy atom. The molecule has 10 nitrogen and oxygen atoms in total. The fraction of sp³-hybridized carbons (Fsp3) is 0.394. The van der Waals surface area contributed by atoms with Crippen molar-refractivity contribution in [3.8, 4) is 0 Å². The Morgan fingerprint density at radius 1 is 1.08 bits per heavy atom. The maximum Gasteiger partial charge on any atom is 0.333 e. The number of pyridine rings is 1. The van der Waals surface area contributed by atoms with Gasteiger partial charge in [0.15, 0.2) is 10.8 Å². The summed E-state index contributed by atoms with van der Waals surface area (Å²) in [5, 5.41) is 17.5. The predicted molar refractivity (Wildman–Crippen MR) is 178 cm³/mol. The smallest absolute Gasteiger partial charge is 0.333 e. The summed E-state index contributed by atoms with van der Waals surface area (Å²) in [6.45, 7) is -2.68. The molecule has 2 saturated carbocycles. The van der Waals surface area contributed by atoms with Crippen LogP contribution in [-0.2, 0) is 15.6 Å². The van der Waals surface area contributed by atoms with Gasteiger partial charge in [-0.25, -0.2) is 27.2 Å². The van der Waals surface area contributed by atoms with Crippen molar-refractivity contribution in [3.63, 3.8) is 0 Å². The molecule has 5 heterocycles. The molecule has 8 rings (SSSR count). The third-order valence-corrected chi connectivity index (χ3v) is 13.3. The summed E-state index contributed by atoms with van der Waals surface area (Å²) in [4.78, 5) is 15.7. The van der Waals surface area contributed by atoms with E-state index in [0.29, 0.717) is 63.7 Å². The Morgan fingerprint density at radius 3 is 2.53 bits per heavy atom. The number of halogens is 4. The van der Waals surface area contributed by atoms with E-state index in [4.69, 9.17) is 16.6 Å². The zero-order valence-electron chi connectivity index (χ0n) is 25.8. The summed E-state index contributed by atoms with van der Waals surface area (Å²) in [7, 11) is -3.88. The maximum atomic E-state index is 14.2. The molecule has 2 bridgehead atoms. The highest BCUT2D eigenvalue weighted by atomic mass is 35.5. The first-order valence-corrected chi connectivity index (χ1v) is 18.7. The van der Waals surface area contributed by atoms with Crippen LogP contribution in [0.4, 0.5) is 13.2 Å². The fourth-order valence-corrected chi connectivity index (χ4v) is 11.4. The van der Waals surface area contributed by atoms with Crippen LogP contribution in [-0.4, -0.2) is 61.8 Å². The van der Waals surface area contributed by atoms with E-state index in [1.54, 1.807) is 29.9 Å². The van der Waals surface area contributed by atoms with Crippen molar-refractivity contribution in [2.24, 2.45) is 16.8 Å². The van der Waals surface area contributed by atoms with Crippen LogP contribution in [0.1, 0.15) is 66.7 Å². The molecule has 2 unspecified atom stereocenters. The summed E-state index contributed by atoms with van der Waals surface area (Å²) in [5.74, 6) is -0.584. The summed E-state index contributed by atoms with van der Waals surface area (Å²) < 4.78 is 73.6. The molecule has 49 heavy (non-hydrogen) atoms. The van der Waals surface area contributed by atoms with Crippen molar-refractivity contribution < 1.29 is 26.7 Å². The van der Waals surface area contributed by atoms with Gasteiger partial charge in [-0.3, -0.25) is 9.98 Å². The van der Waals surface area contributed by atoms with Crippen LogP contribution in [0.2, 0.25) is 5.02 Å². The molecule has 0 amide bonds. The molecule has 2 N–H and O–H groups in total. The van der Waals surface area contributed by atoms with Crippen LogP contribution in [0.3, 0.4) is 0 Å². The quantitative estimate of drug-likeness (QED) is 0.231. The number of benzene rings is 1. The monoisotopic (exact) mass is 729 g/mol. The highest BCUT2D eigenvalue weighted by molar-refractivity contribution is 7.90. The van der Waals surface area contributed by atoms with Crippen molar-refractivity contribution in [1.82, 2.24) is 29.4 Å². The Hall–Kier alpha value is -3.63. The van der Waals surface area contributed by atoms with Crippen LogP contribution in [0.5, 0.6) is 0 Å². The van der Waals surface area contributed by atoms with Gasteiger partial charge < -0.3 is 10.0 Å². The molecule has 1 saturated heterocycles. The van der Waals surface area contributed by atoms with Gasteiger partial charge in [0, 0.05) is 64.8 Å². The van der Waals surface area contributed by atoms with E-state index in [1.165, 1.54) is 41.8 Å². The van der Waals surface area contributed by atoms with Crippen molar-refractivity contribution in [2.45, 2.75) is 61.6 Å². The minimum Gasteiger partial charge on any atom is -0.384 e. The lowest BCUT2D eigenvalue weighted by atomic mass is 9.75. The van der Waals surface area contributed by atoms with E-state index < -0.39 is 45.3 Å². The third-order valence-electron chi connectivity index (χ3n) is 10.1. The molecule has 0 spiro atoms. The first-order valence-electron chi connectivity index (χ1n) is 15.9. The third kappa shape index (κ3) is 5.78. The molecule has 256 valence electrons. The second kappa shape index (κ2) is 12.3. The number of hydrogen-bond donors (Lipinski definition) is 2. The Kier molecular flexibility index (Phi) is 8.18. The molecule has 3 fully saturated rings. The number of amidine groups is 1. The lowest BCUT2D eigenvalue weighted by Gasteiger charge is -2.40. The molecule has 4 aromatic rings. The molecular weight excluding hydrogens is 699 g/mol. The van der Waals surface area contributed by atoms with Gasteiger partial charge in [0.2, 0.25) is 10.0 Å². The number of rotatable bonds is 8. The number of fused-ring (bicyclic) bond motifs is 3. The van der Waals surface area contributed by atoms with E-state index in [2.05, 4.69) is 19.8 Å². The van der Waals surface area contributed by atoms with E-state index in [-0.39, 0.29) is 35.5 Å². The number of alkyl halides is 2. The largest absolute Gasteiger partial charge is 0.384 e. The van der Waals surface area contributed by atoms with Gasteiger partial charge in [-0.2, -0.15) is 13.9 Å². The molecule has 0 radical (unpaired) electrons. The van der Waals surface area contributed by atoms with Crippen LogP contribution < -0.4 is 4.72 Å². The highest BCUT2D eigenvalue weighted by Crippen LogP contribution is 2.53. The number of aliphatic hydroxyl groups is 1. The molecule has 3 aromatic heterocycles. The van der Waals surface area contributed by atoms with Gasteiger partial charge in [-0.1, -0.05) is 23.7 Å². The van der Waals surface area contributed by atoms with Crippen LogP contribution in [0.25, 0.3) is 5.57 Å². The lowest BCUT2D eigenvalue weighted by Crippen LogP contribution is -2.51. The summed E-state index contributed by atoms with van der Waals surface area (Å²) in [5.41, 5.74) is 1.12. The average Bonchev–Trinajstić information content (AvgIpc) is 3.88. The first kappa shape index (κ1) is 32.6. The zero-order valence-corrected chi connectivity index (χ0v) is 28.2.